The molecule has 3 aromatic rings. The molecule has 21 heavy (non-hydrogen) atoms. The van der Waals surface area contributed by atoms with E-state index in [2.05, 4.69) is 15.5 Å². The van der Waals surface area contributed by atoms with Crippen LogP contribution < -0.4 is 5.73 Å². The molecule has 0 aliphatic rings. The van der Waals surface area contributed by atoms with Gasteiger partial charge >= 0.3 is 0 Å². The van der Waals surface area contributed by atoms with E-state index in [-0.39, 0.29) is 0 Å². The number of nitrogens with two attached hydrogens (primary N) is 1. The molecule has 5 nitrogen and oxygen atoms in total. The second kappa shape index (κ2) is 5.52. The summed E-state index contributed by atoms with van der Waals surface area (Å²) >= 11 is 18.3. The Morgan fingerprint density at radius 1 is 0.952 bits per heavy atom. The molecule has 106 valence electrons. The van der Waals surface area contributed by atoms with Crippen LogP contribution in [0.15, 0.2) is 36.4 Å². The van der Waals surface area contributed by atoms with E-state index in [0.717, 1.165) is 5.56 Å². The molecular weight excluding hydrogens is 333 g/mol. The van der Waals surface area contributed by atoms with Crippen molar-refractivity contribution in [1.29, 1.82) is 0 Å². The van der Waals surface area contributed by atoms with E-state index in [1.54, 1.807) is 24.3 Å². The summed E-state index contributed by atoms with van der Waals surface area (Å²) in [6, 6.07) is 10.3. The molecule has 0 saturated heterocycles. The van der Waals surface area contributed by atoms with Gasteiger partial charge in [0.25, 0.3) is 0 Å². The number of aromatic nitrogens is 4. The lowest BCUT2D eigenvalue weighted by atomic mass is 10.2. The Morgan fingerprint density at radius 3 is 2.19 bits per heavy atom. The van der Waals surface area contributed by atoms with Crippen molar-refractivity contribution in [3.63, 3.8) is 0 Å². The minimum atomic E-state index is 0.358. The maximum atomic E-state index is 6.21. The van der Waals surface area contributed by atoms with E-state index in [9.17, 15) is 0 Å². The number of nitrogens with zero attached hydrogens (tertiary/aromatic N) is 4. The highest BCUT2D eigenvalue weighted by Gasteiger charge is 2.17. The first-order chi connectivity index (χ1) is 10.1. The van der Waals surface area contributed by atoms with Crippen molar-refractivity contribution in [2.24, 2.45) is 0 Å². The standard InChI is InChI=1S/C13H8Cl3N5/c14-8-5-10(15)12(11(16)6-8)21-13(18-19-20-21)7-1-3-9(17)4-2-7/h1-6H,17H2. The fraction of sp³-hybridized carbons (Fsp3) is 0. The summed E-state index contributed by atoms with van der Waals surface area (Å²) in [5.41, 5.74) is 7.59. The van der Waals surface area contributed by atoms with Gasteiger partial charge in [-0.1, -0.05) is 34.8 Å². The van der Waals surface area contributed by atoms with E-state index in [1.165, 1.54) is 4.68 Å². The molecule has 2 aromatic carbocycles. The van der Waals surface area contributed by atoms with Gasteiger partial charge in [0.1, 0.15) is 5.69 Å². The van der Waals surface area contributed by atoms with Crippen molar-refractivity contribution in [3.8, 4) is 17.1 Å². The molecule has 0 aliphatic carbocycles. The summed E-state index contributed by atoms with van der Waals surface area (Å²) in [5.74, 6) is 0.501. The highest BCUT2D eigenvalue weighted by Crippen LogP contribution is 2.33. The molecule has 1 heterocycles. The van der Waals surface area contributed by atoms with Crippen LogP contribution in [0.25, 0.3) is 17.1 Å². The second-order valence-electron chi connectivity index (χ2n) is 4.25. The molecule has 0 atom stereocenters. The van der Waals surface area contributed by atoms with Gasteiger partial charge in [-0.05, 0) is 46.8 Å². The number of rotatable bonds is 2. The van der Waals surface area contributed by atoms with Crippen LogP contribution in [0.3, 0.4) is 0 Å². The van der Waals surface area contributed by atoms with Gasteiger partial charge in [0.2, 0.25) is 0 Å². The Morgan fingerprint density at radius 2 is 1.57 bits per heavy atom. The van der Waals surface area contributed by atoms with Gasteiger partial charge < -0.3 is 5.73 Å². The van der Waals surface area contributed by atoms with E-state index in [4.69, 9.17) is 40.5 Å². The highest BCUT2D eigenvalue weighted by atomic mass is 35.5. The second-order valence-corrected chi connectivity index (χ2v) is 5.51. The number of hydrogen-bond donors (Lipinski definition) is 1. The fourth-order valence-corrected chi connectivity index (χ4v) is 2.86. The first-order valence-corrected chi connectivity index (χ1v) is 6.99. The summed E-state index contributed by atoms with van der Waals surface area (Å²) in [6.45, 7) is 0. The molecular formula is C13H8Cl3N5. The smallest absolute Gasteiger partial charge is 0.187 e. The van der Waals surface area contributed by atoms with Crippen LogP contribution >= 0.6 is 34.8 Å². The minimum absolute atomic E-state index is 0.358. The number of tetrazole rings is 1. The molecule has 1 aromatic heterocycles. The van der Waals surface area contributed by atoms with Crippen LogP contribution in [0.1, 0.15) is 0 Å². The third-order valence-electron chi connectivity index (χ3n) is 2.83. The van der Waals surface area contributed by atoms with Crippen molar-refractivity contribution in [2.75, 3.05) is 5.73 Å². The molecule has 0 radical (unpaired) electrons. The molecule has 0 aliphatic heterocycles. The predicted octanol–water partition coefficient (Wildman–Crippen LogP) is 3.87. The van der Waals surface area contributed by atoms with Crippen LogP contribution in [0.5, 0.6) is 0 Å². The number of halogens is 3. The van der Waals surface area contributed by atoms with Crippen molar-refractivity contribution in [2.45, 2.75) is 0 Å². The zero-order valence-electron chi connectivity index (χ0n) is 10.5. The van der Waals surface area contributed by atoms with Crippen molar-refractivity contribution in [3.05, 3.63) is 51.5 Å². The normalized spacial score (nSPS) is 10.8. The topological polar surface area (TPSA) is 69.6 Å². The number of benzene rings is 2. The molecule has 2 N–H and O–H groups in total. The van der Waals surface area contributed by atoms with E-state index in [0.29, 0.717) is 32.3 Å². The first kappa shape index (κ1) is 14.1. The molecule has 0 bridgehead atoms. The SMILES string of the molecule is Nc1ccc(-c2nnnn2-c2c(Cl)cc(Cl)cc2Cl)cc1. The summed E-state index contributed by atoms with van der Waals surface area (Å²) in [7, 11) is 0. The van der Waals surface area contributed by atoms with Gasteiger partial charge in [-0.25, -0.2) is 0 Å². The maximum Gasteiger partial charge on any atom is 0.187 e. The van der Waals surface area contributed by atoms with Gasteiger partial charge in [-0.2, -0.15) is 4.68 Å². The number of hydrogen-bond acceptors (Lipinski definition) is 4. The molecule has 0 spiro atoms. The summed E-state index contributed by atoms with van der Waals surface area (Å²) in [6.07, 6.45) is 0. The van der Waals surface area contributed by atoms with Gasteiger partial charge in [-0.15, -0.1) is 5.10 Å². The molecule has 0 saturated carbocycles. The molecule has 3 rings (SSSR count). The average molecular weight is 341 g/mol. The Balaban J connectivity index is 2.18. The Kier molecular flexibility index (Phi) is 3.71. The quantitative estimate of drug-likeness (QED) is 0.719. The van der Waals surface area contributed by atoms with Gasteiger partial charge in [0, 0.05) is 16.3 Å². The molecule has 0 amide bonds. The minimum Gasteiger partial charge on any atom is -0.399 e. The van der Waals surface area contributed by atoms with Gasteiger partial charge in [0.05, 0.1) is 10.0 Å². The lowest BCUT2D eigenvalue weighted by molar-refractivity contribution is 0.791. The van der Waals surface area contributed by atoms with Crippen molar-refractivity contribution >= 4 is 40.5 Å². The van der Waals surface area contributed by atoms with Crippen LogP contribution in [0, 0.1) is 0 Å². The highest BCUT2D eigenvalue weighted by molar-refractivity contribution is 6.40. The third-order valence-corrected chi connectivity index (χ3v) is 3.63. The number of anilines is 1. The lowest BCUT2D eigenvalue weighted by Crippen LogP contribution is -2.02. The largest absolute Gasteiger partial charge is 0.399 e. The van der Waals surface area contributed by atoms with Crippen molar-refractivity contribution in [1.82, 2.24) is 20.2 Å². The van der Waals surface area contributed by atoms with Crippen molar-refractivity contribution < 1.29 is 0 Å². The van der Waals surface area contributed by atoms with E-state index in [1.807, 2.05) is 12.1 Å². The molecule has 8 heteroatoms. The lowest BCUT2D eigenvalue weighted by Gasteiger charge is -2.09. The van der Waals surface area contributed by atoms with Crippen LogP contribution in [0.4, 0.5) is 5.69 Å². The zero-order chi connectivity index (χ0) is 15.0. The average Bonchev–Trinajstić information content (AvgIpc) is 2.87. The van der Waals surface area contributed by atoms with Gasteiger partial charge in [-0.3, -0.25) is 0 Å². The Labute approximate surface area is 135 Å². The summed E-state index contributed by atoms with van der Waals surface area (Å²) in [5, 5.41) is 12.8. The molecule has 0 fully saturated rings. The number of nitrogen functional groups attached to an aromatic ring is 1. The maximum absolute atomic E-state index is 6.21. The van der Waals surface area contributed by atoms with E-state index < -0.39 is 0 Å². The first-order valence-electron chi connectivity index (χ1n) is 5.85. The predicted molar refractivity (Wildman–Crippen MR) is 84.0 cm³/mol. The Bertz CT molecular complexity index is 775. The van der Waals surface area contributed by atoms with E-state index >= 15 is 0 Å². The molecule has 0 unspecified atom stereocenters. The summed E-state index contributed by atoms with van der Waals surface area (Å²) in [4.78, 5) is 0. The third kappa shape index (κ3) is 2.68. The summed E-state index contributed by atoms with van der Waals surface area (Å²) < 4.78 is 1.46. The van der Waals surface area contributed by atoms with Crippen LogP contribution in [0.2, 0.25) is 15.1 Å². The van der Waals surface area contributed by atoms with Crippen LogP contribution in [-0.4, -0.2) is 20.2 Å². The van der Waals surface area contributed by atoms with Gasteiger partial charge in [0.15, 0.2) is 5.82 Å². The monoisotopic (exact) mass is 339 g/mol. The van der Waals surface area contributed by atoms with Crippen LogP contribution in [-0.2, 0) is 0 Å². The Hall–Kier alpha value is -1.82. The fourth-order valence-electron chi connectivity index (χ4n) is 1.89. The zero-order valence-corrected chi connectivity index (χ0v) is 12.7.